The van der Waals surface area contributed by atoms with Crippen LogP contribution in [0.2, 0.25) is 56.4 Å². The molecule has 0 aliphatic carbocycles. The van der Waals surface area contributed by atoms with E-state index in [-0.39, 0.29) is 0 Å². The van der Waals surface area contributed by atoms with E-state index in [1.165, 1.54) is 5.56 Å². The summed E-state index contributed by atoms with van der Waals surface area (Å²) in [6.07, 6.45) is 0. The van der Waals surface area contributed by atoms with Gasteiger partial charge in [-0.3, -0.25) is 0 Å². The van der Waals surface area contributed by atoms with Crippen molar-refractivity contribution in [1.29, 1.82) is 0 Å². The van der Waals surface area contributed by atoms with Crippen LogP contribution in [-0.4, -0.2) is 53.7 Å². The zero-order valence-electron chi connectivity index (χ0n) is 32.5. The summed E-state index contributed by atoms with van der Waals surface area (Å²) in [7, 11) is -6.95. The first-order chi connectivity index (χ1) is 18.1. The average molecular weight is 719 g/mol. The first kappa shape index (κ1) is 40.6. The fraction of sp³-hybridized carbons (Fsp3) is 0.778. The van der Waals surface area contributed by atoms with E-state index in [0.29, 0.717) is 30.2 Å². The molecule has 0 amide bonds. The van der Waals surface area contributed by atoms with E-state index in [1.807, 2.05) is 16.5 Å². The van der Waals surface area contributed by atoms with E-state index in [4.69, 9.17) is 0 Å². The zero-order valence-corrected chi connectivity index (χ0v) is 40.0. The SMILES string of the molecule is C[Si]([Si](C)(C(C)(C)C)C(C)(C)C)[Si](/C=[C](\[GeH])c1ccccc1)([Si](C)(C(C)(C)C)C(C)(C)C)[Si](C)(C(C)(C)C)C(C)(C)C. The maximum atomic E-state index is 3.21. The summed E-state index contributed by atoms with van der Waals surface area (Å²) in [5.74, 6) is 0. The molecule has 1 aromatic carbocycles. The molecule has 0 aromatic heterocycles. The van der Waals surface area contributed by atoms with Gasteiger partial charge in [-0.25, -0.2) is 0 Å². The Kier molecular flexibility index (Phi) is 11.6. The molecule has 0 aliphatic rings. The van der Waals surface area contributed by atoms with Gasteiger partial charge in [0.15, 0.2) is 0 Å². The summed E-state index contributed by atoms with van der Waals surface area (Å²) in [5, 5.41) is 1.84. The average Bonchev–Trinajstić information content (AvgIpc) is 2.76. The van der Waals surface area contributed by atoms with Crippen LogP contribution in [0.5, 0.6) is 0 Å². The van der Waals surface area contributed by atoms with Crippen LogP contribution in [0.15, 0.2) is 36.0 Å². The van der Waals surface area contributed by atoms with E-state index in [1.54, 1.807) is 4.41 Å². The van der Waals surface area contributed by atoms with Crippen LogP contribution in [0.1, 0.15) is 130 Å². The van der Waals surface area contributed by atoms with Crippen molar-refractivity contribution in [3.05, 3.63) is 41.6 Å². The number of hydrogen-bond donors (Lipinski definition) is 0. The molecule has 0 heterocycles. The van der Waals surface area contributed by atoms with Crippen molar-refractivity contribution in [2.75, 3.05) is 0 Å². The Morgan fingerprint density at radius 3 is 1.07 bits per heavy atom. The Labute approximate surface area is 279 Å². The number of rotatable bonds is 6. The quantitative estimate of drug-likeness (QED) is 0.257. The van der Waals surface area contributed by atoms with Gasteiger partial charge in [0.2, 0.25) is 0 Å². The third-order valence-corrected chi connectivity index (χ3v) is 109. The molecule has 0 saturated carbocycles. The molecule has 0 atom stereocenters. The Morgan fingerprint density at radius 1 is 0.548 bits per heavy atom. The molecule has 1 rings (SSSR count). The molecule has 0 fully saturated rings. The molecule has 0 saturated heterocycles. The fourth-order valence-electron chi connectivity index (χ4n) is 9.85. The third kappa shape index (κ3) is 6.16. The van der Waals surface area contributed by atoms with Crippen LogP contribution in [0, 0.1) is 0 Å². The van der Waals surface area contributed by atoms with Crippen LogP contribution in [0.4, 0.5) is 0 Å². The summed E-state index contributed by atoms with van der Waals surface area (Å²) in [6.45, 7) is 57.7. The normalized spacial score (nSPS) is 16.3. The summed E-state index contributed by atoms with van der Waals surface area (Å²) in [6, 6.07) is 11.5. The molecule has 3 radical (unpaired) electrons. The van der Waals surface area contributed by atoms with E-state index in [2.05, 4.69) is 187 Å². The van der Waals surface area contributed by atoms with Crippen molar-refractivity contribution in [1.82, 2.24) is 0 Å². The van der Waals surface area contributed by atoms with E-state index in [0.717, 1.165) is 0 Å². The topological polar surface area (TPSA) is 0 Å². The molecular weight excluding hydrogens is 645 g/mol. The molecule has 1 aromatic rings. The second-order valence-electron chi connectivity index (χ2n) is 20.3. The van der Waals surface area contributed by atoms with Crippen molar-refractivity contribution in [2.24, 2.45) is 0 Å². The second-order valence-corrected chi connectivity index (χ2v) is 67.1. The Balaban J connectivity index is 5.08. The predicted molar refractivity (Wildman–Crippen MR) is 212 cm³/mol. The molecule has 0 N–H and O–H groups in total. The van der Waals surface area contributed by atoms with Crippen molar-refractivity contribution in [3.8, 4) is 0 Å². The molecule has 241 valence electrons. The first-order valence-electron chi connectivity index (χ1n) is 16.5. The van der Waals surface area contributed by atoms with Gasteiger partial charge in [-0.1, -0.05) is 0 Å². The van der Waals surface area contributed by atoms with Gasteiger partial charge in [0, 0.05) is 0 Å². The van der Waals surface area contributed by atoms with Gasteiger partial charge in [-0.15, -0.1) is 0 Å². The zero-order chi connectivity index (χ0) is 34.0. The van der Waals surface area contributed by atoms with E-state index in [9.17, 15) is 0 Å². The predicted octanol–water partition coefficient (Wildman–Crippen LogP) is 12.4. The Hall–Kier alpha value is 0.587. The minimum atomic E-state index is -2.25. The van der Waals surface area contributed by atoms with E-state index < -0.39 is 37.2 Å². The van der Waals surface area contributed by atoms with Gasteiger partial charge >= 0.3 is 281 Å². The fourth-order valence-corrected chi connectivity index (χ4v) is 159. The Bertz CT molecular complexity index is 1010. The summed E-state index contributed by atoms with van der Waals surface area (Å²) >= 11 is 1.87. The molecule has 6 heteroatoms. The summed E-state index contributed by atoms with van der Waals surface area (Å²) in [5.41, 5.74) is 4.68. The molecule has 42 heavy (non-hydrogen) atoms. The van der Waals surface area contributed by atoms with Crippen molar-refractivity contribution >= 4 is 58.2 Å². The Morgan fingerprint density at radius 2 is 0.833 bits per heavy atom. The second kappa shape index (κ2) is 12.0. The number of benzene rings is 1. The van der Waals surface area contributed by atoms with E-state index >= 15 is 0 Å². The van der Waals surface area contributed by atoms with Crippen molar-refractivity contribution in [3.63, 3.8) is 0 Å². The molecule has 0 spiro atoms. The molecule has 0 aliphatic heterocycles. The third-order valence-electron chi connectivity index (χ3n) is 13.4. The van der Waals surface area contributed by atoms with Crippen LogP contribution >= 0.6 is 0 Å². The van der Waals surface area contributed by atoms with Crippen LogP contribution in [0.3, 0.4) is 0 Å². The molecule has 0 unspecified atom stereocenters. The molecular formula is C36H73GeSi5. The van der Waals surface area contributed by atoms with Gasteiger partial charge in [-0.05, 0) is 0 Å². The standard InChI is InChI=1S/C36H73GeSi5/c1-31(2,3)39(20,32(4,5)6)38(19)42(28-30(37)29-26-24-23-25-27-29,40(21,33(7,8)9)34(10,11)12)41(22,35(13,14)15)36(16,17)18/h23-28,37H,1-22H3/b30-28-. The maximum absolute atomic E-state index is 3.21. The monoisotopic (exact) mass is 719 g/mol. The van der Waals surface area contributed by atoms with Gasteiger partial charge < -0.3 is 0 Å². The van der Waals surface area contributed by atoms with Crippen molar-refractivity contribution < 1.29 is 0 Å². The van der Waals surface area contributed by atoms with Crippen LogP contribution in [0.25, 0.3) is 4.41 Å². The van der Waals surface area contributed by atoms with Gasteiger partial charge in [0.05, 0.1) is 0 Å². The van der Waals surface area contributed by atoms with Gasteiger partial charge in [0.25, 0.3) is 0 Å². The summed E-state index contributed by atoms with van der Waals surface area (Å²) in [4.78, 5) is 0. The van der Waals surface area contributed by atoms with Crippen LogP contribution in [-0.2, 0) is 0 Å². The van der Waals surface area contributed by atoms with Crippen molar-refractivity contribution in [2.45, 2.75) is 181 Å². The molecule has 0 nitrogen and oxygen atoms in total. The van der Waals surface area contributed by atoms with Crippen LogP contribution < -0.4 is 0 Å². The molecule has 0 bridgehead atoms. The summed E-state index contributed by atoms with van der Waals surface area (Å²) < 4.78 is 1.64. The van der Waals surface area contributed by atoms with Gasteiger partial charge in [-0.2, -0.15) is 0 Å². The minimum absolute atomic E-state index is 0.291. The van der Waals surface area contributed by atoms with Gasteiger partial charge in [0.1, 0.15) is 0 Å². The number of hydrogen-bond acceptors (Lipinski definition) is 0. The first-order valence-corrected chi connectivity index (χ1v) is 33.3.